The molecule has 0 unspecified atom stereocenters. The van der Waals surface area contributed by atoms with Gasteiger partial charge in [-0.2, -0.15) is 0 Å². The van der Waals surface area contributed by atoms with Crippen LogP contribution in [0.15, 0.2) is 36.4 Å². The van der Waals surface area contributed by atoms with Crippen LogP contribution >= 0.6 is 0 Å². The number of fused-ring (bicyclic) bond motifs is 3. The van der Waals surface area contributed by atoms with E-state index in [2.05, 4.69) is 24.3 Å². The maximum Gasteiger partial charge on any atom is 0.306 e. The zero-order valence-corrected chi connectivity index (χ0v) is 10.2. The van der Waals surface area contributed by atoms with Crippen LogP contribution < -0.4 is 4.74 Å². The fraction of sp³-hybridized carbons (Fsp3) is 0.267. The second-order valence-corrected chi connectivity index (χ2v) is 4.49. The Kier molecular flexibility index (Phi) is 2.67. The highest BCUT2D eigenvalue weighted by Crippen LogP contribution is 2.41. The lowest BCUT2D eigenvalue weighted by molar-refractivity contribution is -0.141. The molecule has 0 bridgehead atoms. The molecule has 92 valence electrons. The van der Waals surface area contributed by atoms with E-state index in [4.69, 9.17) is 9.47 Å². The Morgan fingerprint density at radius 2 is 2.17 bits per heavy atom. The fourth-order valence-corrected chi connectivity index (χ4v) is 2.47. The molecule has 1 atom stereocenters. The Balaban J connectivity index is 2.02. The van der Waals surface area contributed by atoms with Crippen molar-refractivity contribution in [1.29, 1.82) is 0 Å². The molecule has 3 nitrogen and oxygen atoms in total. The van der Waals surface area contributed by atoms with Crippen molar-refractivity contribution >= 4 is 16.7 Å². The molecule has 1 heterocycles. The molecule has 0 aromatic heterocycles. The maximum absolute atomic E-state index is 11.4. The van der Waals surface area contributed by atoms with E-state index in [1.807, 2.05) is 12.1 Å². The first kappa shape index (κ1) is 11.1. The molecule has 0 aliphatic carbocycles. The van der Waals surface area contributed by atoms with Crippen molar-refractivity contribution in [1.82, 2.24) is 0 Å². The van der Waals surface area contributed by atoms with Gasteiger partial charge >= 0.3 is 5.97 Å². The fourth-order valence-electron chi connectivity index (χ4n) is 2.47. The smallest absolute Gasteiger partial charge is 0.306 e. The van der Waals surface area contributed by atoms with Gasteiger partial charge in [-0.05, 0) is 5.39 Å². The number of methoxy groups -OCH3 is 1. The molecule has 1 aliphatic heterocycles. The van der Waals surface area contributed by atoms with E-state index >= 15 is 0 Å². The summed E-state index contributed by atoms with van der Waals surface area (Å²) in [6.45, 7) is 0.554. The predicted molar refractivity (Wildman–Crippen MR) is 68.8 cm³/mol. The zero-order valence-electron chi connectivity index (χ0n) is 10.2. The number of esters is 1. The average Bonchev–Trinajstić information content (AvgIpc) is 2.82. The minimum atomic E-state index is -0.190. The van der Waals surface area contributed by atoms with Gasteiger partial charge < -0.3 is 9.47 Å². The minimum Gasteiger partial charge on any atom is -0.492 e. The lowest BCUT2D eigenvalue weighted by Crippen LogP contribution is -2.09. The molecule has 1 aliphatic rings. The number of rotatable bonds is 2. The lowest BCUT2D eigenvalue weighted by Gasteiger charge is -2.07. The van der Waals surface area contributed by atoms with E-state index in [1.165, 1.54) is 7.11 Å². The number of ether oxygens (including phenoxy) is 2. The van der Waals surface area contributed by atoms with Crippen molar-refractivity contribution in [3.8, 4) is 5.75 Å². The monoisotopic (exact) mass is 242 g/mol. The first-order valence-electron chi connectivity index (χ1n) is 6.01. The molecule has 0 amide bonds. The predicted octanol–water partition coefficient (Wildman–Crippen LogP) is 2.88. The third-order valence-electron chi connectivity index (χ3n) is 3.42. The van der Waals surface area contributed by atoms with E-state index in [9.17, 15) is 4.79 Å². The summed E-state index contributed by atoms with van der Waals surface area (Å²) in [7, 11) is 1.42. The van der Waals surface area contributed by atoms with Crippen LogP contribution in [0.25, 0.3) is 10.8 Å². The van der Waals surface area contributed by atoms with Crippen LogP contribution in [0.4, 0.5) is 0 Å². The van der Waals surface area contributed by atoms with E-state index in [0.717, 1.165) is 22.1 Å². The van der Waals surface area contributed by atoms with E-state index in [1.54, 1.807) is 0 Å². The summed E-state index contributed by atoms with van der Waals surface area (Å²) in [5.41, 5.74) is 1.11. The molecule has 3 heteroatoms. The molecule has 0 saturated carbocycles. The lowest BCUT2D eigenvalue weighted by atomic mass is 9.95. The quantitative estimate of drug-likeness (QED) is 0.760. The topological polar surface area (TPSA) is 35.5 Å². The number of carbonyl (C=O) groups excluding carboxylic acids is 1. The van der Waals surface area contributed by atoms with Gasteiger partial charge in [0, 0.05) is 16.9 Å². The van der Waals surface area contributed by atoms with Crippen LogP contribution in [-0.4, -0.2) is 19.7 Å². The largest absolute Gasteiger partial charge is 0.492 e. The van der Waals surface area contributed by atoms with Crippen LogP contribution in [-0.2, 0) is 9.53 Å². The second-order valence-electron chi connectivity index (χ2n) is 4.49. The molecule has 18 heavy (non-hydrogen) atoms. The van der Waals surface area contributed by atoms with Crippen molar-refractivity contribution in [3.63, 3.8) is 0 Å². The van der Waals surface area contributed by atoms with Gasteiger partial charge in [-0.1, -0.05) is 36.4 Å². The Hall–Kier alpha value is -2.03. The summed E-state index contributed by atoms with van der Waals surface area (Å²) < 4.78 is 10.5. The van der Waals surface area contributed by atoms with Crippen LogP contribution in [0.5, 0.6) is 5.75 Å². The van der Waals surface area contributed by atoms with E-state index in [0.29, 0.717) is 13.0 Å². The minimum absolute atomic E-state index is 0.108. The standard InChI is InChI=1S/C15H14O3/c1-17-14(16)8-11-9-18-15-12-5-3-2-4-10(12)6-7-13(11)15/h2-7,11H,8-9H2,1H3/t11-/m1/s1. The molecular formula is C15H14O3. The summed E-state index contributed by atoms with van der Waals surface area (Å²) >= 11 is 0. The Bertz CT molecular complexity index is 604. The first-order chi connectivity index (χ1) is 8.79. The van der Waals surface area contributed by atoms with Gasteiger partial charge in [-0.25, -0.2) is 0 Å². The number of benzene rings is 2. The van der Waals surface area contributed by atoms with Gasteiger partial charge in [0.15, 0.2) is 0 Å². The van der Waals surface area contributed by atoms with Crippen LogP contribution in [0.3, 0.4) is 0 Å². The molecule has 0 radical (unpaired) electrons. The van der Waals surface area contributed by atoms with Gasteiger partial charge in [-0.15, -0.1) is 0 Å². The molecule has 0 fully saturated rings. The van der Waals surface area contributed by atoms with Gasteiger partial charge in [0.25, 0.3) is 0 Å². The molecule has 2 aromatic rings. The molecule has 0 N–H and O–H groups in total. The van der Waals surface area contributed by atoms with Crippen molar-refractivity contribution in [2.75, 3.05) is 13.7 Å². The van der Waals surface area contributed by atoms with E-state index < -0.39 is 0 Å². The van der Waals surface area contributed by atoms with Gasteiger partial charge in [0.2, 0.25) is 0 Å². The number of hydrogen-bond acceptors (Lipinski definition) is 3. The molecular weight excluding hydrogens is 228 g/mol. The Labute approximate surface area is 105 Å². The van der Waals surface area contributed by atoms with Crippen molar-refractivity contribution in [2.24, 2.45) is 0 Å². The highest BCUT2D eigenvalue weighted by molar-refractivity contribution is 5.90. The van der Waals surface area contributed by atoms with Gasteiger partial charge in [0.05, 0.1) is 20.1 Å². The number of carbonyl (C=O) groups is 1. The third-order valence-corrected chi connectivity index (χ3v) is 3.42. The molecule has 3 rings (SSSR count). The zero-order chi connectivity index (χ0) is 12.5. The van der Waals surface area contributed by atoms with Crippen molar-refractivity contribution in [3.05, 3.63) is 42.0 Å². The number of hydrogen-bond donors (Lipinski definition) is 0. The highest BCUT2D eigenvalue weighted by Gasteiger charge is 2.27. The van der Waals surface area contributed by atoms with E-state index in [-0.39, 0.29) is 11.9 Å². The summed E-state index contributed by atoms with van der Waals surface area (Å²) in [6, 6.07) is 12.3. The highest BCUT2D eigenvalue weighted by atomic mass is 16.5. The summed E-state index contributed by atoms with van der Waals surface area (Å²) in [4.78, 5) is 11.4. The van der Waals surface area contributed by atoms with Gasteiger partial charge in [-0.3, -0.25) is 4.79 Å². The summed E-state index contributed by atoms with van der Waals surface area (Å²) in [6.07, 6.45) is 0.377. The SMILES string of the molecule is COC(=O)C[C@@H]1COc2c1ccc1ccccc21. The second kappa shape index (κ2) is 4.33. The first-order valence-corrected chi connectivity index (χ1v) is 6.01. The van der Waals surface area contributed by atoms with Crippen LogP contribution in [0.1, 0.15) is 17.9 Å². The molecule has 0 saturated heterocycles. The average molecular weight is 242 g/mol. The Morgan fingerprint density at radius 3 is 3.00 bits per heavy atom. The normalized spacial score (nSPS) is 17.3. The van der Waals surface area contributed by atoms with Crippen LogP contribution in [0, 0.1) is 0 Å². The summed E-state index contributed by atoms with van der Waals surface area (Å²) in [5, 5.41) is 2.28. The van der Waals surface area contributed by atoms with Crippen LogP contribution in [0.2, 0.25) is 0 Å². The summed E-state index contributed by atoms with van der Waals surface area (Å²) in [5.74, 6) is 0.837. The molecule has 0 spiro atoms. The van der Waals surface area contributed by atoms with Gasteiger partial charge in [0.1, 0.15) is 5.75 Å². The molecule has 2 aromatic carbocycles. The third kappa shape index (κ3) is 1.72. The van der Waals surface area contributed by atoms with Crippen molar-refractivity contribution < 1.29 is 14.3 Å². The Morgan fingerprint density at radius 1 is 1.33 bits per heavy atom. The van der Waals surface area contributed by atoms with Crippen molar-refractivity contribution in [2.45, 2.75) is 12.3 Å². The maximum atomic E-state index is 11.4.